The monoisotopic (exact) mass is 400 g/mol. The second kappa shape index (κ2) is 6.70. The van der Waals surface area contributed by atoms with Crippen LogP contribution in [0.15, 0.2) is 86.4 Å². The van der Waals surface area contributed by atoms with Gasteiger partial charge in [-0.25, -0.2) is 9.18 Å². The first-order valence-corrected chi connectivity index (χ1v) is 9.11. The highest BCUT2D eigenvalue weighted by Gasteiger charge is 2.28. The number of benzene rings is 3. The molecule has 0 bridgehead atoms. The van der Waals surface area contributed by atoms with Gasteiger partial charge in [0.05, 0.1) is 10.9 Å². The molecular formula is C24H13FO5. The number of ketones is 1. The van der Waals surface area contributed by atoms with Gasteiger partial charge in [-0.05, 0) is 42.0 Å². The highest BCUT2D eigenvalue weighted by molar-refractivity contribution is 6.18. The maximum absolute atomic E-state index is 13.5. The van der Waals surface area contributed by atoms with Crippen LogP contribution in [0.3, 0.4) is 0 Å². The zero-order valence-corrected chi connectivity index (χ0v) is 15.4. The third-order valence-electron chi connectivity index (χ3n) is 4.93. The van der Waals surface area contributed by atoms with Gasteiger partial charge >= 0.3 is 5.63 Å². The van der Waals surface area contributed by atoms with E-state index in [0.29, 0.717) is 16.5 Å². The maximum Gasteiger partial charge on any atom is 0.348 e. The fraction of sp³-hybridized carbons (Fsp3) is 0. The molecule has 2 heterocycles. The zero-order valence-electron chi connectivity index (χ0n) is 15.4. The van der Waals surface area contributed by atoms with Crippen molar-refractivity contribution >= 4 is 27.7 Å². The molecule has 1 N–H and O–H groups in total. The summed E-state index contributed by atoms with van der Waals surface area (Å²) in [5.74, 6) is -1.42. The molecule has 2 aromatic heterocycles. The van der Waals surface area contributed by atoms with Gasteiger partial charge in [0, 0.05) is 5.56 Å². The van der Waals surface area contributed by atoms with Crippen molar-refractivity contribution in [1.82, 2.24) is 0 Å². The summed E-state index contributed by atoms with van der Waals surface area (Å²) in [6.07, 6.45) is 0. The standard InChI is InChI=1S/C24H13FO5/c25-14-11-9-13(10-12-14)19-20-22(16-6-2-4-8-18(16)29-24(20)28)30-23(19)21(27)15-5-1-3-7-17(15)26/h1-12,26H. The van der Waals surface area contributed by atoms with Crippen LogP contribution in [0, 0.1) is 5.82 Å². The minimum Gasteiger partial charge on any atom is -0.507 e. The number of hydrogen-bond acceptors (Lipinski definition) is 5. The Kier molecular flexibility index (Phi) is 3.99. The van der Waals surface area contributed by atoms with E-state index in [2.05, 4.69) is 0 Å². The summed E-state index contributed by atoms with van der Waals surface area (Å²) in [4.78, 5) is 26.1. The minimum absolute atomic E-state index is 0.0219. The molecule has 0 aliphatic carbocycles. The number of hydrogen-bond donors (Lipinski definition) is 1. The molecule has 146 valence electrons. The van der Waals surface area contributed by atoms with Gasteiger partial charge in [-0.1, -0.05) is 36.4 Å². The molecule has 5 nitrogen and oxygen atoms in total. The fourth-order valence-electron chi connectivity index (χ4n) is 3.55. The van der Waals surface area contributed by atoms with Crippen molar-refractivity contribution in [3.05, 3.63) is 100 Å². The smallest absolute Gasteiger partial charge is 0.348 e. The van der Waals surface area contributed by atoms with Crippen LogP contribution in [0.2, 0.25) is 0 Å². The number of carbonyl (C=O) groups excluding carboxylic acids is 1. The molecule has 0 unspecified atom stereocenters. The Morgan fingerprint density at radius 1 is 0.867 bits per heavy atom. The van der Waals surface area contributed by atoms with Crippen molar-refractivity contribution in [2.45, 2.75) is 0 Å². The predicted octanol–water partition coefficient (Wildman–Crippen LogP) is 5.28. The summed E-state index contributed by atoms with van der Waals surface area (Å²) >= 11 is 0. The molecule has 0 aliphatic heterocycles. The molecule has 0 amide bonds. The normalized spacial score (nSPS) is 11.2. The Balaban J connectivity index is 1.91. The third-order valence-corrected chi connectivity index (χ3v) is 4.93. The van der Waals surface area contributed by atoms with Crippen LogP contribution in [0.1, 0.15) is 16.1 Å². The second-order valence-electron chi connectivity index (χ2n) is 6.75. The average Bonchev–Trinajstić information content (AvgIpc) is 3.16. The molecule has 30 heavy (non-hydrogen) atoms. The van der Waals surface area contributed by atoms with Gasteiger partial charge in [0.2, 0.25) is 5.78 Å². The van der Waals surface area contributed by atoms with Crippen LogP contribution in [-0.2, 0) is 0 Å². The largest absolute Gasteiger partial charge is 0.507 e. The van der Waals surface area contributed by atoms with E-state index in [-0.39, 0.29) is 33.6 Å². The SMILES string of the molecule is O=C(c1ccccc1O)c1oc2c(c1-c1ccc(F)cc1)c(=O)oc1ccccc12. The summed E-state index contributed by atoms with van der Waals surface area (Å²) in [6.45, 7) is 0. The van der Waals surface area contributed by atoms with Crippen LogP contribution >= 0.6 is 0 Å². The zero-order chi connectivity index (χ0) is 20.8. The first kappa shape index (κ1) is 17.9. The number of carbonyl (C=O) groups is 1. The molecule has 0 spiro atoms. The third kappa shape index (κ3) is 2.69. The quantitative estimate of drug-likeness (QED) is 0.329. The number of rotatable bonds is 3. The van der Waals surface area contributed by atoms with E-state index in [1.54, 1.807) is 36.4 Å². The van der Waals surface area contributed by atoms with Crippen molar-refractivity contribution in [2.75, 3.05) is 0 Å². The van der Waals surface area contributed by atoms with Gasteiger partial charge < -0.3 is 13.9 Å². The number of phenols is 1. The van der Waals surface area contributed by atoms with Gasteiger partial charge in [0.1, 0.15) is 22.5 Å². The lowest BCUT2D eigenvalue weighted by Gasteiger charge is -2.05. The minimum atomic E-state index is -0.678. The molecule has 0 saturated carbocycles. The molecule has 0 aliphatic rings. The first-order chi connectivity index (χ1) is 14.5. The van der Waals surface area contributed by atoms with Gasteiger partial charge in [-0.15, -0.1) is 0 Å². The highest BCUT2D eigenvalue weighted by atomic mass is 19.1. The molecule has 6 heteroatoms. The van der Waals surface area contributed by atoms with E-state index >= 15 is 0 Å². The van der Waals surface area contributed by atoms with Crippen LogP contribution in [0.4, 0.5) is 4.39 Å². The van der Waals surface area contributed by atoms with Crippen molar-refractivity contribution in [3.8, 4) is 16.9 Å². The van der Waals surface area contributed by atoms with Gasteiger partial charge in [0.15, 0.2) is 11.3 Å². The van der Waals surface area contributed by atoms with E-state index in [1.165, 1.54) is 36.4 Å². The molecule has 0 saturated heterocycles. The van der Waals surface area contributed by atoms with E-state index in [0.717, 1.165) is 0 Å². The fourth-order valence-corrected chi connectivity index (χ4v) is 3.55. The van der Waals surface area contributed by atoms with Gasteiger partial charge in [0.25, 0.3) is 0 Å². The number of furan rings is 1. The van der Waals surface area contributed by atoms with Crippen LogP contribution in [-0.4, -0.2) is 10.9 Å². The number of fused-ring (bicyclic) bond motifs is 3. The Morgan fingerprint density at radius 3 is 2.33 bits per heavy atom. The van der Waals surface area contributed by atoms with E-state index < -0.39 is 17.2 Å². The summed E-state index contributed by atoms with van der Waals surface area (Å²) in [5, 5.41) is 10.8. The van der Waals surface area contributed by atoms with E-state index in [1.807, 2.05) is 0 Å². The molecule has 5 aromatic rings. The molecule has 0 atom stereocenters. The molecule has 0 radical (unpaired) electrons. The Morgan fingerprint density at radius 2 is 1.57 bits per heavy atom. The van der Waals surface area contributed by atoms with Crippen molar-refractivity contribution < 1.29 is 23.1 Å². The number of para-hydroxylation sites is 2. The summed E-state index contributed by atoms with van der Waals surface area (Å²) in [6, 6.07) is 18.2. The molecule has 5 rings (SSSR count). The molecular weight excluding hydrogens is 387 g/mol. The maximum atomic E-state index is 13.5. The van der Waals surface area contributed by atoms with Crippen LogP contribution in [0.25, 0.3) is 33.1 Å². The Bertz CT molecular complexity index is 1490. The summed E-state index contributed by atoms with van der Waals surface area (Å²) < 4.78 is 24.9. The van der Waals surface area contributed by atoms with Crippen LogP contribution < -0.4 is 5.63 Å². The van der Waals surface area contributed by atoms with E-state index in [4.69, 9.17) is 8.83 Å². The van der Waals surface area contributed by atoms with Gasteiger partial charge in [-0.3, -0.25) is 4.79 Å². The number of aromatic hydroxyl groups is 1. The highest BCUT2D eigenvalue weighted by Crippen LogP contribution is 2.38. The topological polar surface area (TPSA) is 80.6 Å². The predicted molar refractivity (Wildman–Crippen MR) is 109 cm³/mol. The summed E-state index contributed by atoms with van der Waals surface area (Å²) in [5.41, 5.74) is 0.460. The first-order valence-electron chi connectivity index (χ1n) is 9.11. The summed E-state index contributed by atoms with van der Waals surface area (Å²) in [7, 11) is 0. The average molecular weight is 400 g/mol. The molecule has 0 fully saturated rings. The molecule has 3 aromatic carbocycles. The lowest BCUT2D eigenvalue weighted by Crippen LogP contribution is -2.04. The van der Waals surface area contributed by atoms with Crippen LogP contribution in [0.5, 0.6) is 5.75 Å². The Labute approximate surface area is 168 Å². The lowest BCUT2D eigenvalue weighted by atomic mass is 9.98. The Hall–Kier alpha value is -4.19. The lowest BCUT2D eigenvalue weighted by molar-refractivity contribution is 0.101. The van der Waals surface area contributed by atoms with Crippen molar-refractivity contribution in [3.63, 3.8) is 0 Å². The van der Waals surface area contributed by atoms with Crippen molar-refractivity contribution in [1.29, 1.82) is 0 Å². The second-order valence-corrected chi connectivity index (χ2v) is 6.75. The van der Waals surface area contributed by atoms with Crippen molar-refractivity contribution in [2.24, 2.45) is 0 Å². The van der Waals surface area contributed by atoms with Gasteiger partial charge in [-0.2, -0.15) is 0 Å². The number of phenolic OH excluding ortho intramolecular Hbond substituents is 1. The number of halogens is 1. The van der Waals surface area contributed by atoms with E-state index in [9.17, 15) is 19.1 Å².